The van der Waals surface area contributed by atoms with E-state index in [2.05, 4.69) is 13.8 Å². The summed E-state index contributed by atoms with van der Waals surface area (Å²) in [5.74, 6) is 0.683. The first-order valence-corrected chi connectivity index (χ1v) is 14.3. The van der Waals surface area contributed by atoms with Gasteiger partial charge in [-0.05, 0) is 44.4 Å². The maximum atomic E-state index is 6.73. The van der Waals surface area contributed by atoms with Crippen molar-refractivity contribution in [2.45, 2.75) is 76.7 Å². The molecule has 0 N–H and O–H groups in total. The number of rotatable bonds is 14. The maximum Gasteiger partial charge on any atom is 0.501 e. The van der Waals surface area contributed by atoms with E-state index in [1.807, 2.05) is 0 Å². The van der Waals surface area contributed by atoms with Crippen molar-refractivity contribution < 1.29 is 32.2 Å². The molecule has 0 aromatic carbocycles. The average Bonchev–Trinajstić information content (AvgIpc) is 3.64. The molecule has 178 valence electrons. The Morgan fingerprint density at radius 2 is 1.52 bits per heavy atom. The van der Waals surface area contributed by atoms with Crippen LogP contribution in [0.25, 0.3) is 0 Å². The molecule has 0 aromatic rings. The lowest BCUT2D eigenvalue weighted by molar-refractivity contribution is -0.156. The van der Waals surface area contributed by atoms with E-state index in [-0.39, 0.29) is 16.9 Å². The van der Waals surface area contributed by atoms with Gasteiger partial charge in [0.05, 0.1) is 51.8 Å². The SMILES string of the molecule is CCC1(CO[Si](CCC2CCC3OC3C2)(OCC2CO2)OCC2(CC)COC2)COC1. The summed E-state index contributed by atoms with van der Waals surface area (Å²) in [6.07, 6.45) is 8.08. The third kappa shape index (κ3) is 5.37. The number of fused-ring (bicyclic) bond motifs is 1. The van der Waals surface area contributed by atoms with Crippen LogP contribution in [0.1, 0.15) is 52.4 Å². The second-order valence-corrected chi connectivity index (χ2v) is 13.4. The highest BCUT2D eigenvalue weighted by molar-refractivity contribution is 6.60. The molecule has 4 saturated heterocycles. The van der Waals surface area contributed by atoms with Crippen molar-refractivity contribution in [2.24, 2.45) is 16.7 Å². The molecule has 0 radical (unpaired) electrons. The van der Waals surface area contributed by atoms with Crippen molar-refractivity contribution in [3.05, 3.63) is 0 Å². The molecule has 1 saturated carbocycles. The van der Waals surface area contributed by atoms with E-state index < -0.39 is 8.80 Å². The molecule has 1 aliphatic carbocycles. The van der Waals surface area contributed by atoms with Gasteiger partial charge in [0.2, 0.25) is 0 Å². The minimum atomic E-state index is -2.86. The van der Waals surface area contributed by atoms with E-state index in [1.54, 1.807) is 0 Å². The van der Waals surface area contributed by atoms with Crippen LogP contribution < -0.4 is 0 Å². The summed E-state index contributed by atoms with van der Waals surface area (Å²) in [5.41, 5.74) is 0.228. The smallest absolute Gasteiger partial charge is 0.380 e. The van der Waals surface area contributed by atoms with Gasteiger partial charge >= 0.3 is 8.80 Å². The summed E-state index contributed by atoms with van der Waals surface area (Å²) in [6, 6.07) is 0.878. The van der Waals surface area contributed by atoms with Crippen LogP contribution in [0.3, 0.4) is 0 Å². The normalized spacial score (nSPS) is 35.0. The largest absolute Gasteiger partial charge is 0.501 e. The molecule has 8 heteroatoms. The summed E-state index contributed by atoms with van der Waals surface area (Å²) in [5, 5.41) is 0. The highest BCUT2D eigenvalue weighted by atomic mass is 28.4. The van der Waals surface area contributed by atoms with Gasteiger partial charge in [0.15, 0.2) is 0 Å². The van der Waals surface area contributed by atoms with Gasteiger partial charge in [-0.3, -0.25) is 0 Å². The van der Waals surface area contributed by atoms with Gasteiger partial charge in [0.1, 0.15) is 6.10 Å². The number of hydrogen-bond acceptors (Lipinski definition) is 7. The van der Waals surface area contributed by atoms with Crippen molar-refractivity contribution in [1.29, 1.82) is 0 Å². The van der Waals surface area contributed by atoms with Crippen molar-refractivity contribution in [3.8, 4) is 0 Å². The van der Waals surface area contributed by atoms with Crippen LogP contribution in [0.5, 0.6) is 0 Å². The topological polar surface area (TPSA) is 71.2 Å². The summed E-state index contributed by atoms with van der Waals surface area (Å²) >= 11 is 0. The Hall–Kier alpha value is -0.0631. The second-order valence-electron chi connectivity index (χ2n) is 10.7. The quantitative estimate of drug-likeness (QED) is 0.294. The maximum absolute atomic E-state index is 6.73. The Kier molecular flexibility index (Phi) is 6.81. The third-order valence-corrected chi connectivity index (χ3v) is 10.9. The zero-order chi connectivity index (χ0) is 21.4. The minimum absolute atomic E-state index is 0.114. The van der Waals surface area contributed by atoms with Crippen LogP contribution >= 0.6 is 0 Å². The fourth-order valence-electron chi connectivity index (χ4n) is 4.94. The summed E-state index contributed by atoms with van der Waals surface area (Å²) < 4.78 is 42.3. The monoisotopic (exact) mass is 456 g/mol. The van der Waals surface area contributed by atoms with E-state index in [4.69, 9.17) is 32.2 Å². The van der Waals surface area contributed by atoms with E-state index >= 15 is 0 Å². The first-order chi connectivity index (χ1) is 15.1. The van der Waals surface area contributed by atoms with Crippen LogP contribution in [-0.2, 0) is 32.2 Å². The molecule has 31 heavy (non-hydrogen) atoms. The van der Waals surface area contributed by atoms with E-state index in [0.29, 0.717) is 37.9 Å². The van der Waals surface area contributed by atoms with Gasteiger partial charge in [-0.15, -0.1) is 0 Å². The van der Waals surface area contributed by atoms with Crippen LogP contribution in [0.2, 0.25) is 6.04 Å². The Labute approximate surface area is 187 Å². The van der Waals surface area contributed by atoms with Crippen LogP contribution in [-0.4, -0.2) is 80.0 Å². The lowest BCUT2D eigenvalue weighted by Crippen LogP contribution is -2.56. The number of hydrogen-bond donors (Lipinski definition) is 0. The molecule has 0 amide bonds. The Bertz CT molecular complexity index is 568. The molecule has 0 bridgehead atoms. The van der Waals surface area contributed by atoms with Crippen LogP contribution in [0.4, 0.5) is 0 Å². The average molecular weight is 457 g/mol. The second kappa shape index (κ2) is 9.29. The van der Waals surface area contributed by atoms with Gasteiger partial charge < -0.3 is 32.2 Å². The van der Waals surface area contributed by atoms with E-state index in [0.717, 1.165) is 58.3 Å². The van der Waals surface area contributed by atoms with E-state index in [1.165, 1.54) is 19.3 Å². The molecule has 4 atom stereocenters. The molecule has 5 aliphatic rings. The fraction of sp³-hybridized carbons (Fsp3) is 1.00. The Morgan fingerprint density at radius 1 is 0.871 bits per heavy atom. The first-order valence-electron chi connectivity index (χ1n) is 12.4. The molecule has 4 aliphatic heterocycles. The first kappa shape index (κ1) is 22.7. The molecular weight excluding hydrogens is 416 g/mol. The van der Waals surface area contributed by atoms with E-state index in [9.17, 15) is 0 Å². The van der Waals surface area contributed by atoms with Crippen LogP contribution in [0, 0.1) is 16.7 Å². The van der Waals surface area contributed by atoms with Crippen molar-refractivity contribution >= 4 is 8.80 Å². The Balaban J connectivity index is 1.26. The van der Waals surface area contributed by atoms with Crippen molar-refractivity contribution in [3.63, 3.8) is 0 Å². The standard InChI is InChI=1S/C23H40O7Si/c1-3-22(12-24-13-22)16-28-31(27-11-19-10-26-19,29-17-23(4-2)14-25-15-23)8-7-18-5-6-20-21(9-18)30-20/h18-21H,3-17H2,1-2H3. The predicted octanol–water partition coefficient (Wildman–Crippen LogP) is 3.18. The van der Waals surface area contributed by atoms with Gasteiger partial charge in [-0.2, -0.15) is 0 Å². The van der Waals surface area contributed by atoms with Crippen LogP contribution in [0.15, 0.2) is 0 Å². The van der Waals surface area contributed by atoms with Gasteiger partial charge in [-0.25, -0.2) is 0 Å². The summed E-state index contributed by atoms with van der Waals surface area (Å²) in [7, 11) is -2.86. The van der Waals surface area contributed by atoms with Crippen molar-refractivity contribution in [2.75, 3.05) is 52.9 Å². The molecule has 7 nitrogen and oxygen atoms in total. The van der Waals surface area contributed by atoms with Gasteiger partial charge in [0.25, 0.3) is 0 Å². The third-order valence-electron chi connectivity index (χ3n) is 8.19. The number of ether oxygens (including phenoxy) is 4. The van der Waals surface area contributed by atoms with Gasteiger partial charge in [-0.1, -0.05) is 13.8 Å². The molecular formula is C23H40O7Si. The number of epoxide rings is 2. The van der Waals surface area contributed by atoms with Crippen molar-refractivity contribution in [1.82, 2.24) is 0 Å². The molecule has 4 heterocycles. The zero-order valence-electron chi connectivity index (χ0n) is 19.3. The summed E-state index contributed by atoms with van der Waals surface area (Å²) in [4.78, 5) is 0. The highest BCUT2D eigenvalue weighted by Gasteiger charge is 2.51. The lowest BCUT2D eigenvalue weighted by Gasteiger charge is -2.45. The fourth-order valence-corrected chi connectivity index (χ4v) is 7.88. The molecule has 0 spiro atoms. The highest BCUT2D eigenvalue weighted by Crippen LogP contribution is 2.43. The minimum Gasteiger partial charge on any atom is -0.380 e. The molecule has 5 fully saturated rings. The Morgan fingerprint density at radius 3 is 2.00 bits per heavy atom. The lowest BCUT2D eigenvalue weighted by atomic mass is 9.84. The molecule has 5 rings (SSSR count). The summed E-state index contributed by atoms with van der Waals surface area (Å²) in [6.45, 7) is 10.2. The van der Waals surface area contributed by atoms with Gasteiger partial charge in [0, 0.05) is 30.1 Å². The molecule has 4 unspecified atom stereocenters. The molecule has 0 aromatic heterocycles. The predicted molar refractivity (Wildman–Crippen MR) is 116 cm³/mol. The zero-order valence-corrected chi connectivity index (χ0v) is 20.3.